The first-order chi connectivity index (χ1) is 12.7. The van der Waals surface area contributed by atoms with Gasteiger partial charge in [0.1, 0.15) is 11.4 Å². The number of fused-ring (bicyclic) bond motifs is 1. The van der Waals surface area contributed by atoms with Crippen molar-refractivity contribution in [2.75, 3.05) is 19.6 Å². The number of likely N-dealkylation sites (tertiary alicyclic amines) is 1. The van der Waals surface area contributed by atoms with Gasteiger partial charge in [0, 0.05) is 24.5 Å². The maximum atomic E-state index is 6.36. The highest BCUT2D eigenvalue weighted by molar-refractivity contribution is 9.10. The third-order valence-corrected chi connectivity index (χ3v) is 5.91. The third kappa shape index (κ3) is 3.12. The predicted molar refractivity (Wildman–Crippen MR) is 104 cm³/mol. The van der Waals surface area contributed by atoms with Gasteiger partial charge in [-0.15, -0.1) is 0 Å². The van der Waals surface area contributed by atoms with Crippen LogP contribution in [0.25, 0.3) is 16.8 Å². The second kappa shape index (κ2) is 6.35. The van der Waals surface area contributed by atoms with E-state index in [-0.39, 0.29) is 5.60 Å². The Labute approximate surface area is 161 Å². The first-order valence-electron chi connectivity index (χ1n) is 9.22. The van der Waals surface area contributed by atoms with Crippen LogP contribution in [0.3, 0.4) is 0 Å². The van der Waals surface area contributed by atoms with Crippen LogP contribution < -0.4 is 4.74 Å². The molecule has 26 heavy (non-hydrogen) atoms. The van der Waals surface area contributed by atoms with Gasteiger partial charge in [-0.25, -0.2) is 9.50 Å². The van der Waals surface area contributed by atoms with E-state index in [0.717, 1.165) is 33.5 Å². The number of hydrogen-bond acceptors (Lipinski definition) is 4. The molecule has 0 unspecified atom stereocenters. The molecule has 5 nitrogen and oxygen atoms in total. The molecule has 1 aromatic carbocycles. The van der Waals surface area contributed by atoms with Gasteiger partial charge in [0.2, 0.25) is 0 Å². The summed E-state index contributed by atoms with van der Waals surface area (Å²) in [4.78, 5) is 7.03. The molecule has 1 aliphatic heterocycles. The molecule has 3 heterocycles. The largest absolute Gasteiger partial charge is 0.486 e. The van der Waals surface area contributed by atoms with Crippen molar-refractivity contribution in [3.8, 4) is 16.9 Å². The summed E-state index contributed by atoms with van der Waals surface area (Å²) in [6.45, 7) is 3.52. The summed E-state index contributed by atoms with van der Waals surface area (Å²) >= 11 is 3.46. The number of rotatable bonds is 5. The Balaban J connectivity index is 1.32. The van der Waals surface area contributed by atoms with Crippen molar-refractivity contribution in [3.05, 3.63) is 47.3 Å². The summed E-state index contributed by atoms with van der Waals surface area (Å²) in [6.07, 6.45) is 10.6. The van der Waals surface area contributed by atoms with Gasteiger partial charge in [0.05, 0.1) is 10.7 Å². The fourth-order valence-electron chi connectivity index (χ4n) is 3.74. The molecule has 0 amide bonds. The Bertz CT molecular complexity index is 927. The zero-order valence-corrected chi connectivity index (χ0v) is 16.2. The van der Waals surface area contributed by atoms with Gasteiger partial charge in [0.15, 0.2) is 5.65 Å². The molecule has 2 aliphatic rings. The summed E-state index contributed by atoms with van der Waals surface area (Å²) in [5, 5.41) is 4.31. The molecule has 1 saturated heterocycles. The third-order valence-electron chi connectivity index (χ3n) is 5.35. The SMILES string of the molecule is Brc1cnn2cc(-c3ccc(OC4(CN5CCCC5)CC4)cc3)cnc12. The average Bonchev–Trinajstić information content (AvgIpc) is 3.04. The molecule has 1 aliphatic carbocycles. The van der Waals surface area contributed by atoms with Gasteiger partial charge >= 0.3 is 0 Å². The predicted octanol–water partition coefficient (Wildman–Crippen LogP) is 4.17. The molecule has 0 spiro atoms. The molecule has 5 rings (SSSR count). The summed E-state index contributed by atoms with van der Waals surface area (Å²) in [7, 11) is 0. The maximum Gasteiger partial charge on any atom is 0.169 e. The Kier molecular flexibility index (Phi) is 3.98. The average molecular weight is 413 g/mol. The van der Waals surface area contributed by atoms with Crippen molar-refractivity contribution >= 4 is 21.6 Å². The van der Waals surface area contributed by atoms with Crippen LogP contribution in [0.2, 0.25) is 0 Å². The highest BCUT2D eigenvalue weighted by Gasteiger charge is 2.47. The van der Waals surface area contributed by atoms with E-state index in [2.05, 4.69) is 55.2 Å². The second-order valence-corrected chi connectivity index (χ2v) is 8.25. The van der Waals surface area contributed by atoms with Crippen LogP contribution in [0.4, 0.5) is 0 Å². The smallest absolute Gasteiger partial charge is 0.169 e. The van der Waals surface area contributed by atoms with Crippen molar-refractivity contribution in [1.29, 1.82) is 0 Å². The first-order valence-corrected chi connectivity index (χ1v) is 10.0. The minimum atomic E-state index is 0.0493. The molecule has 0 bridgehead atoms. The Morgan fingerprint density at radius 2 is 1.81 bits per heavy atom. The molecular weight excluding hydrogens is 392 g/mol. The van der Waals surface area contributed by atoms with Crippen LogP contribution in [-0.2, 0) is 0 Å². The quantitative estimate of drug-likeness (QED) is 0.630. The summed E-state index contributed by atoms with van der Waals surface area (Å²) in [6, 6.07) is 8.34. The van der Waals surface area contributed by atoms with Crippen LogP contribution in [0.5, 0.6) is 5.75 Å². The number of benzene rings is 1. The van der Waals surface area contributed by atoms with Crippen molar-refractivity contribution < 1.29 is 4.74 Å². The molecule has 0 radical (unpaired) electrons. The highest BCUT2D eigenvalue weighted by Crippen LogP contribution is 2.41. The van der Waals surface area contributed by atoms with E-state index in [1.165, 1.54) is 38.8 Å². The van der Waals surface area contributed by atoms with E-state index in [1.54, 1.807) is 10.7 Å². The fourth-order valence-corrected chi connectivity index (χ4v) is 4.12. The number of ether oxygens (including phenoxy) is 1. The molecule has 134 valence electrons. The number of aromatic nitrogens is 3. The maximum absolute atomic E-state index is 6.36. The summed E-state index contributed by atoms with van der Waals surface area (Å²) < 4.78 is 9.05. The molecule has 1 saturated carbocycles. The van der Waals surface area contributed by atoms with E-state index in [4.69, 9.17) is 4.74 Å². The van der Waals surface area contributed by atoms with E-state index in [9.17, 15) is 0 Å². The van der Waals surface area contributed by atoms with Crippen LogP contribution in [0.15, 0.2) is 47.3 Å². The lowest BCUT2D eigenvalue weighted by Gasteiger charge is -2.24. The van der Waals surface area contributed by atoms with E-state index >= 15 is 0 Å². The minimum Gasteiger partial charge on any atom is -0.486 e. The van der Waals surface area contributed by atoms with Crippen LogP contribution >= 0.6 is 15.9 Å². The van der Waals surface area contributed by atoms with Crippen LogP contribution in [-0.4, -0.2) is 44.7 Å². The summed E-state index contributed by atoms with van der Waals surface area (Å²) in [5.74, 6) is 0.960. The number of nitrogens with zero attached hydrogens (tertiary/aromatic N) is 4. The van der Waals surface area contributed by atoms with Crippen molar-refractivity contribution in [1.82, 2.24) is 19.5 Å². The van der Waals surface area contributed by atoms with Crippen molar-refractivity contribution in [2.24, 2.45) is 0 Å². The normalized spacial score (nSPS) is 19.1. The molecule has 3 aromatic rings. The van der Waals surface area contributed by atoms with Crippen molar-refractivity contribution in [2.45, 2.75) is 31.3 Å². The molecule has 0 atom stereocenters. The lowest BCUT2D eigenvalue weighted by atomic mass is 10.1. The molecular formula is C20H21BrN4O. The van der Waals surface area contributed by atoms with Crippen molar-refractivity contribution in [3.63, 3.8) is 0 Å². The molecule has 2 aromatic heterocycles. The van der Waals surface area contributed by atoms with Crippen LogP contribution in [0, 0.1) is 0 Å². The van der Waals surface area contributed by atoms with Gasteiger partial charge in [-0.2, -0.15) is 5.10 Å². The highest BCUT2D eigenvalue weighted by atomic mass is 79.9. The monoisotopic (exact) mass is 412 g/mol. The Hall–Kier alpha value is -1.92. The topological polar surface area (TPSA) is 42.7 Å². The van der Waals surface area contributed by atoms with E-state index < -0.39 is 0 Å². The molecule has 2 fully saturated rings. The number of hydrogen-bond donors (Lipinski definition) is 0. The Morgan fingerprint density at radius 1 is 1.04 bits per heavy atom. The van der Waals surface area contributed by atoms with Gasteiger partial charge in [-0.05, 0) is 72.4 Å². The van der Waals surface area contributed by atoms with Gasteiger partial charge in [-0.1, -0.05) is 12.1 Å². The summed E-state index contributed by atoms with van der Waals surface area (Å²) in [5.41, 5.74) is 3.03. The molecule has 6 heteroatoms. The fraction of sp³-hybridized carbons (Fsp3) is 0.400. The van der Waals surface area contributed by atoms with E-state index in [0.29, 0.717) is 0 Å². The standard InChI is InChI=1S/C20H21BrN4O/c21-18-12-23-25-13-16(11-22-19(18)25)15-3-5-17(6-4-15)26-20(7-8-20)14-24-9-1-2-10-24/h3-6,11-13H,1-2,7-10,14H2. The lowest BCUT2D eigenvalue weighted by Crippen LogP contribution is -2.35. The van der Waals surface area contributed by atoms with Crippen LogP contribution in [0.1, 0.15) is 25.7 Å². The Morgan fingerprint density at radius 3 is 2.54 bits per heavy atom. The van der Waals surface area contributed by atoms with Gasteiger partial charge in [-0.3, -0.25) is 4.90 Å². The zero-order chi connectivity index (χ0) is 17.6. The number of halogens is 1. The lowest BCUT2D eigenvalue weighted by molar-refractivity contribution is 0.126. The molecule has 0 N–H and O–H groups in total. The van der Waals surface area contributed by atoms with E-state index in [1.807, 2.05) is 12.4 Å². The minimum absolute atomic E-state index is 0.0493. The zero-order valence-electron chi connectivity index (χ0n) is 14.6. The first kappa shape index (κ1) is 16.3. The van der Waals surface area contributed by atoms with Gasteiger partial charge < -0.3 is 4.74 Å². The second-order valence-electron chi connectivity index (χ2n) is 7.40. The van der Waals surface area contributed by atoms with Gasteiger partial charge in [0.25, 0.3) is 0 Å².